The Hall–Kier alpha value is -3.35. The average molecular weight is 467 g/mol. The van der Waals surface area contributed by atoms with E-state index in [9.17, 15) is 22.9 Å². The van der Waals surface area contributed by atoms with Crippen molar-refractivity contribution in [3.63, 3.8) is 0 Å². The molecule has 1 aromatic heterocycles. The minimum atomic E-state index is -4.10. The maximum Gasteiger partial charge on any atom is 0.295 e. The smallest absolute Gasteiger partial charge is 0.272 e. The lowest BCUT2D eigenvalue weighted by molar-refractivity contribution is -0.384. The SMILES string of the molecule is Cc1nn(Cc2ccc(F)cc2)c(Cl)c1C=NNc1ccc(S(N)(=O)=O)cc1[N+](=O)[O-]. The summed E-state index contributed by atoms with van der Waals surface area (Å²) in [4.78, 5) is 10.1. The molecule has 0 unspecified atom stereocenters. The molecule has 0 aliphatic heterocycles. The highest BCUT2D eigenvalue weighted by Crippen LogP contribution is 2.27. The van der Waals surface area contributed by atoms with Gasteiger partial charge in [0.05, 0.1) is 33.8 Å². The number of nitro groups is 1. The Balaban J connectivity index is 1.82. The third-order valence-corrected chi connectivity index (χ3v) is 5.54. The van der Waals surface area contributed by atoms with Crippen LogP contribution in [0.3, 0.4) is 0 Å². The van der Waals surface area contributed by atoms with Crippen molar-refractivity contribution in [3.05, 3.63) is 80.4 Å². The Bertz CT molecular complexity index is 1270. The van der Waals surface area contributed by atoms with Crippen molar-refractivity contribution >= 4 is 39.2 Å². The zero-order chi connectivity index (χ0) is 22.8. The number of aryl methyl sites for hydroxylation is 1. The predicted octanol–water partition coefficient (Wildman–Crippen LogP) is 3.03. The van der Waals surface area contributed by atoms with E-state index < -0.39 is 25.5 Å². The van der Waals surface area contributed by atoms with Gasteiger partial charge in [0.25, 0.3) is 5.69 Å². The first kappa shape index (κ1) is 22.3. The lowest BCUT2D eigenvalue weighted by atomic mass is 10.2. The van der Waals surface area contributed by atoms with E-state index in [-0.39, 0.29) is 16.7 Å². The van der Waals surface area contributed by atoms with Crippen LogP contribution in [0.25, 0.3) is 0 Å². The number of rotatable bonds is 7. The third-order valence-electron chi connectivity index (χ3n) is 4.23. The van der Waals surface area contributed by atoms with E-state index in [4.69, 9.17) is 16.7 Å². The topological polar surface area (TPSA) is 146 Å². The Kier molecular flexibility index (Phi) is 6.34. The van der Waals surface area contributed by atoms with Crippen LogP contribution in [0.15, 0.2) is 52.5 Å². The molecule has 0 radical (unpaired) electrons. The van der Waals surface area contributed by atoms with Gasteiger partial charge in [0.1, 0.15) is 16.7 Å². The number of aromatic nitrogens is 2. The number of hydrogen-bond acceptors (Lipinski definition) is 7. The van der Waals surface area contributed by atoms with E-state index in [1.54, 1.807) is 19.1 Å². The van der Waals surface area contributed by atoms with E-state index in [0.717, 1.165) is 17.7 Å². The summed E-state index contributed by atoms with van der Waals surface area (Å²) in [5.74, 6) is -0.350. The molecule has 0 fully saturated rings. The van der Waals surface area contributed by atoms with Crippen LogP contribution in [0.5, 0.6) is 0 Å². The molecule has 0 aliphatic rings. The van der Waals surface area contributed by atoms with Gasteiger partial charge in [-0.3, -0.25) is 15.5 Å². The Labute approximate surface area is 181 Å². The van der Waals surface area contributed by atoms with Gasteiger partial charge in [0.15, 0.2) is 0 Å². The van der Waals surface area contributed by atoms with Crippen LogP contribution < -0.4 is 10.6 Å². The number of nitrogens with two attached hydrogens (primary N) is 1. The maximum absolute atomic E-state index is 13.1. The van der Waals surface area contributed by atoms with Gasteiger partial charge in [0, 0.05) is 6.07 Å². The van der Waals surface area contributed by atoms with Crippen molar-refractivity contribution in [1.29, 1.82) is 0 Å². The lowest BCUT2D eigenvalue weighted by Crippen LogP contribution is -2.12. The summed E-state index contributed by atoms with van der Waals surface area (Å²) in [5, 5.41) is 24.8. The first-order chi connectivity index (χ1) is 14.6. The summed E-state index contributed by atoms with van der Waals surface area (Å²) in [6.45, 7) is 2.01. The Morgan fingerprint density at radius 3 is 2.61 bits per heavy atom. The molecule has 1 heterocycles. The van der Waals surface area contributed by atoms with Gasteiger partial charge in [-0.2, -0.15) is 10.2 Å². The molecule has 0 amide bonds. The van der Waals surface area contributed by atoms with Gasteiger partial charge in [-0.25, -0.2) is 22.6 Å². The molecule has 3 aromatic rings. The van der Waals surface area contributed by atoms with Crippen molar-refractivity contribution in [2.45, 2.75) is 18.4 Å². The minimum absolute atomic E-state index is 0.0406. The molecular weight excluding hydrogens is 451 g/mol. The summed E-state index contributed by atoms with van der Waals surface area (Å²) in [6, 6.07) is 9.04. The molecule has 31 heavy (non-hydrogen) atoms. The number of nitro benzene ring substituents is 1. The van der Waals surface area contributed by atoms with Crippen molar-refractivity contribution in [2.24, 2.45) is 10.2 Å². The summed E-state index contributed by atoms with van der Waals surface area (Å²) >= 11 is 6.36. The molecule has 2 aromatic carbocycles. The van der Waals surface area contributed by atoms with Crippen LogP contribution in [0.4, 0.5) is 15.8 Å². The Morgan fingerprint density at radius 2 is 2.00 bits per heavy atom. The number of halogens is 2. The van der Waals surface area contributed by atoms with Crippen molar-refractivity contribution in [3.8, 4) is 0 Å². The van der Waals surface area contributed by atoms with Gasteiger partial charge in [-0.15, -0.1) is 0 Å². The number of sulfonamides is 1. The Morgan fingerprint density at radius 1 is 1.32 bits per heavy atom. The van der Waals surface area contributed by atoms with E-state index in [0.29, 0.717) is 17.8 Å². The normalized spacial score (nSPS) is 11.7. The van der Waals surface area contributed by atoms with E-state index >= 15 is 0 Å². The van der Waals surface area contributed by atoms with E-state index in [1.807, 2.05) is 0 Å². The van der Waals surface area contributed by atoms with E-state index in [1.165, 1.54) is 29.1 Å². The molecular formula is C18H16ClFN6O4S. The van der Waals surface area contributed by atoms with Crippen LogP contribution in [0.1, 0.15) is 16.8 Å². The third kappa shape index (κ3) is 5.23. The van der Waals surface area contributed by atoms with Crippen LogP contribution in [-0.4, -0.2) is 29.3 Å². The first-order valence-electron chi connectivity index (χ1n) is 8.64. The number of hydrogen-bond donors (Lipinski definition) is 2. The van der Waals surface area contributed by atoms with Gasteiger partial charge in [0.2, 0.25) is 10.0 Å². The first-order valence-corrected chi connectivity index (χ1v) is 10.6. The molecule has 13 heteroatoms. The monoisotopic (exact) mass is 466 g/mol. The van der Waals surface area contributed by atoms with Crippen molar-refractivity contribution in [1.82, 2.24) is 9.78 Å². The lowest BCUT2D eigenvalue weighted by Gasteiger charge is -2.04. The second-order valence-electron chi connectivity index (χ2n) is 6.43. The molecule has 0 saturated heterocycles. The second kappa shape index (κ2) is 8.79. The van der Waals surface area contributed by atoms with Crippen LogP contribution in [-0.2, 0) is 16.6 Å². The number of benzene rings is 2. The quantitative estimate of drug-likeness (QED) is 0.311. The van der Waals surface area contributed by atoms with Crippen LogP contribution in [0.2, 0.25) is 5.15 Å². The van der Waals surface area contributed by atoms with E-state index in [2.05, 4.69) is 15.6 Å². The average Bonchev–Trinajstić information content (AvgIpc) is 2.96. The number of anilines is 1. The summed E-state index contributed by atoms with van der Waals surface area (Å²) in [6.07, 6.45) is 1.34. The van der Waals surface area contributed by atoms with Gasteiger partial charge in [-0.05, 0) is 36.8 Å². The number of primary sulfonamides is 1. The van der Waals surface area contributed by atoms with Gasteiger partial charge >= 0.3 is 0 Å². The standard InChI is InChI=1S/C18H16ClFN6O4S/c1-11-15(18(19)25(24-11)10-12-2-4-13(20)5-3-12)9-22-23-16-7-6-14(31(21,29)30)8-17(16)26(27)28/h2-9,23H,10H2,1H3,(H2,21,29,30). The van der Waals surface area contributed by atoms with Crippen molar-refractivity contribution < 1.29 is 17.7 Å². The summed E-state index contributed by atoms with van der Waals surface area (Å²) < 4.78 is 37.4. The highest BCUT2D eigenvalue weighted by molar-refractivity contribution is 7.89. The summed E-state index contributed by atoms with van der Waals surface area (Å²) in [5.41, 5.74) is 3.75. The molecule has 0 spiro atoms. The molecule has 0 bridgehead atoms. The maximum atomic E-state index is 13.1. The van der Waals surface area contributed by atoms with Crippen LogP contribution >= 0.6 is 11.6 Å². The second-order valence-corrected chi connectivity index (χ2v) is 8.34. The minimum Gasteiger partial charge on any atom is -0.272 e. The number of hydrazone groups is 1. The number of nitrogens with zero attached hydrogens (tertiary/aromatic N) is 4. The largest absolute Gasteiger partial charge is 0.295 e. The molecule has 10 nitrogen and oxygen atoms in total. The van der Waals surface area contributed by atoms with Gasteiger partial charge < -0.3 is 0 Å². The fourth-order valence-electron chi connectivity index (χ4n) is 2.68. The molecule has 0 atom stereocenters. The predicted molar refractivity (Wildman–Crippen MR) is 113 cm³/mol. The highest BCUT2D eigenvalue weighted by atomic mass is 35.5. The molecule has 162 valence electrons. The fourth-order valence-corrected chi connectivity index (χ4v) is 3.50. The highest BCUT2D eigenvalue weighted by Gasteiger charge is 2.19. The zero-order valence-corrected chi connectivity index (χ0v) is 17.6. The molecule has 3 rings (SSSR count). The van der Waals surface area contributed by atoms with Crippen LogP contribution in [0, 0.1) is 22.9 Å². The molecule has 0 saturated carbocycles. The molecule has 3 N–H and O–H groups in total. The zero-order valence-electron chi connectivity index (χ0n) is 16.0. The van der Waals surface area contributed by atoms with Gasteiger partial charge in [-0.1, -0.05) is 23.7 Å². The number of nitrogens with one attached hydrogen (secondary N) is 1. The summed E-state index contributed by atoms with van der Waals surface area (Å²) in [7, 11) is -4.10. The van der Waals surface area contributed by atoms with Crippen molar-refractivity contribution in [2.75, 3.05) is 5.43 Å². The molecule has 0 aliphatic carbocycles. The fraction of sp³-hybridized carbons (Fsp3) is 0.111.